The number of carbonyl (C=O) groups excluding carboxylic acids is 1. The summed E-state index contributed by atoms with van der Waals surface area (Å²) >= 11 is 0. The van der Waals surface area contributed by atoms with Gasteiger partial charge in [-0.1, -0.05) is 48.5 Å². The lowest BCUT2D eigenvalue weighted by Gasteiger charge is -2.35. The summed E-state index contributed by atoms with van der Waals surface area (Å²) in [7, 11) is 0. The number of ketones is 1. The lowest BCUT2D eigenvalue weighted by molar-refractivity contribution is -0.129. The lowest BCUT2D eigenvalue weighted by Crippen LogP contribution is -2.47. The highest BCUT2D eigenvalue weighted by atomic mass is 16.1. The van der Waals surface area contributed by atoms with Crippen LogP contribution in [-0.4, -0.2) is 17.9 Å². The van der Waals surface area contributed by atoms with Gasteiger partial charge in [-0.25, -0.2) is 0 Å². The third kappa shape index (κ3) is 5.55. The molecule has 20 heavy (non-hydrogen) atoms. The average molecular weight is 281 g/mol. The van der Waals surface area contributed by atoms with Crippen molar-refractivity contribution in [2.24, 2.45) is 23.2 Å². The molecular formula is C18H35NO. The summed E-state index contributed by atoms with van der Waals surface area (Å²) in [6, 6.07) is 0.391. The maximum atomic E-state index is 12.7. The molecular weight excluding hydrogens is 246 g/mol. The van der Waals surface area contributed by atoms with Crippen LogP contribution < -0.4 is 5.32 Å². The second kappa shape index (κ2) is 7.06. The predicted molar refractivity (Wildman–Crippen MR) is 86.8 cm³/mol. The lowest BCUT2D eigenvalue weighted by atomic mass is 9.73. The number of nitrogens with one attached hydrogen (secondary N) is 1. The molecule has 1 saturated carbocycles. The SMILES string of the molecule is CC1CC(C)CC(CC(NC(C)C)C(=O)C(C)(C)C)C1. The molecule has 0 radical (unpaired) electrons. The Labute approximate surface area is 126 Å². The van der Waals surface area contributed by atoms with Gasteiger partial charge in [-0.05, 0) is 43.4 Å². The van der Waals surface area contributed by atoms with E-state index in [1.54, 1.807) is 0 Å². The van der Waals surface area contributed by atoms with E-state index < -0.39 is 0 Å². The normalized spacial score (nSPS) is 29.5. The fraction of sp³-hybridized carbons (Fsp3) is 0.944. The molecule has 1 aliphatic carbocycles. The first-order chi connectivity index (χ1) is 9.09. The zero-order valence-corrected chi connectivity index (χ0v) is 14.6. The van der Waals surface area contributed by atoms with Gasteiger partial charge in [0.1, 0.15) is 0 Å². The van der Waals surface area contributed by atoms with E-state index in [0.29, 0.717) is 17.7 Å². The maximum absolute atomic E-state index is 12.7. The van der Waals surface area contributed by atoms with Crippen molar-refractivity contribution in [1.82, 2.24) is 5.32 Å². The Bertz CT molecular complexity index is 306. The Hall–Kier alpha value is -0.370. The van der Waals surface area contributed by atoms with E-state index in [4.69, 9.17) is 0 Å². The Morgan fingerprint density at radius 1 is 1.10 bits per heavy atom. The Kier molecular flexibility index (Phi) is 6.25. The first kappa shape index (κ1) is 17.7. The van der Waals surface area contributed by atoms with E-state index >= 15 is 0 Å². The molecule has 0 aromatic heterocycles. The van der Waals surface area contributed by atoms with Crippen molar-refractivity contribution in [2.75, 3.05) is 0 Å². The second-order valence-electron chi connectivity index (χ2n) is 8.51. The van der Waals surface area contributed by atoms with Crippen molar-refractivity contribution in [3.8, 4) is 0 Å². The molecule has 0 bridgehead atoms. The van der Waals surface area contributed by atoms with Crippen molar-refractivity contribution in [3.05, 3.63) is 0 Å². The molecule has 3 atom stereocenters. The number of hydrogen-bond acceptors (Lipinski definition) is 2. The van der Waals surface area contributed by atoms with Gasteiger partial charge in [-0.3, -0.25) is 4.79 Å². The summed E-state index contributed by atoms with van der Waals surface area (Å²) in [5, 5.41) is 3.51. The van der Waals surface area contributed by atoms with Crippen LogP contribution in [0.25, 0.3) is 0 Å². The third-order valence-corrected chi connectivity index (χ3v) is 4.44. The summed E-state index contributed by atoms with van der Waals surface area (Å²) in [5.74, 6) is 2.70. The van der Waals surface area contributed by atoms with Crippen LogP contribution in [0.3, 0.4) is 0 Å². The smallest absolute Gasteiger partial charge is 0.155 e. The summed E-state index contributed by atoms with van der Waals surface area (Å²) < 4.78 is 0. The first-order valence-corrected chi connectivity index (χ1v) is 8.40. The molecule has 1 fully saturated rings. The summed E-state index contributed by atoms with van der Waals surface area (Å²) in [6.45, 7) is 15.1. The minimum Gasteiger partial charge on any atom is -0.305 e. The van der Waals surface area contributed by atoms with Crippen LogP contribution in [0.15, 0.2) is 0 Å². The molecule has 0 saturated heterocycles. The van der Waals surface area contributed by atoms with Crippen molar-refractivity contribution >= 4 is 5.78 Å². The molecule has 1 N–H and O–H groups in total. The van der Waals surface area contributed by atoms with Crippen molar-refractivity contribution < 1.29 is 4.79 Å². The maximum Gasteiger partial charge on any atom is 0.155 e. The van der Waals surface area contributed by atoms with E-state index in [1.807, 2.05) is 20.8 Å². The second-order valence-corrected chi connectivity index (χ2v) is 8.51. The van der Waals surface area contributed by atoms with Gasteiger partial charge in [0.2, 0.25) is 0 Å². The minimum absolute atomic E-state index is 0.0255. The van der Waals surface area contributed by atoms with E-state index in [2.05, 4.69) is 33.0 Å². The summed E-state index contributed by atoms with van der Waals surface area (Å²) in [4.78, 5) is 12.7. The van der Waals surface area contributed by atoms with Crippen LogP contribution in [0, 0.1) is 23.2 Å². The van der Waals surface area contributed by atoms with E-state index in [-0.39, 0.29) is 11.5 Å². The van der Waals surface area contributed by atoms with Gasteiger partial charge in [-0.2, -0.15) is 0 Å². The standard InChI is InChI=1S/C18H35NO/c1-12(2)19-16(17(20)18(5,6)7)11-15-9-13(3)8-14(4)10-15/h12-16,19H,8-11H2,1-7H3. The molecule has 0 aliphatic heterocycles. The van der Waals surface area contributed by atoms with Crippen LogP contribution in [0.5, 0.6) is 0 Å². The van der Waals surface area contributed by atoms with Gasteiger partial charge in [0.05, 0.1) is 6.04 Å². The molecule has 3 unspecified atom stereocenters. The molecule has 2 nitrogen and oxygen atoms in total. The average Bonchev–Trinajstić information content (AvgIpc) is 2.23. The molecule has 0 aromatic rings. The van der Waals surface area contributed by atoms with Crippen molar-refractivity contribution in [2.45, 2.75) is 86.2 Å². The van der Waals surface area contributed by atoms with Gasteiger partial charge >= 0.3 is 0 Å². The van der Waals surface area contributed by atoms with Crippen LogP contribution in [0.1, 0.15) is 74.1 Å². The topological polar surface area (TPSA) is 29.1 Å². The van der Waals surface area contributed by atoms with E-state index in [0.717, 1.165) is 18.3 Å². The number of rotatable bonds is 5. The fourth-order valence-electron chi connectivity index (χ4n) is 3.82. The van der Waals surface area contributed by atoms with Crippen LogP contribution in [0.2, 0.25) is 0 Å². The first-order valence-electron chi connectivity index (χ1n) is 8.40. The third-order valence-electron chi connectivity index (χ3n) is 4.44. The zero-order chi connectivity index (χ0) is 15.5. The number of carbonyl (C=O) groups is 1. The predicted octanol–water partition coefficient (Wildman–Crippen LogP) is 4.43. The van der Waals surface area contributed by atoms with Gasteiger partial charge in [0.25, 0.3) is 0 Å². The van der Waals surface area contributed by atoms with Gasteiger partial charge in [0.15, 0.2) is 5.78 Å². The molecule has 1 aliphatic rings. The quantitative estimate of drug-likeness (QED) is 0.807. The minimum atomic E-state index is -0.252. The fourth-order valence-corrected chi connectivity index (χ4v) is 3.82. The van der Waals surface area contributed by atoms with Gasteiger partial charge in [0, 0.05) is 11.5 Å². The van der Waals surface area contributed by atoms with Crippen LogP contribution in [0.4, 0.5) is 0 Å². The van der Waals surface area contributed by atoms with E-state index in [1.165, 1.54) is 19.3 Å². The van der Waals surface area contributed by atoms with Crippen LogP contribution >= 0.6 is 0 Å². The highest BCUT2D eigenvalue weighted by Gasteiger charge is 2.33. The van der Waals surface area contributed by atoms with Crippen molar-refractivity contribution in [1.29, 1.82) is 0 Å². The summed E-state index contributed by atoms with van der Waals surface area (Å²) in [6.07, 6.45) is 4.95. The Balaban J connectivity index is 2.71. The molecule has 0 spiro atoms. The van der Waals surface area contributed by atoms with Gasteiger partial charge in [-0.15, -0.1) is 0 Å². The highest BCUT2D eigenvalue weighted by Crippen LogP contribution is 2.36. The Morgan fingerprint density at radius 3 is 2.00 bits per heavy atom. The number of Topliss-reactive ketones (excluding diaryl/α,β-unsaturated/α-hetero) is 1. The Morgan fingerprint density at radius 2 is 1.60 bits per heavy atom. The highest BCUT2D eigenvalue weighted by molar-refractivity contribution is 5.88. The molecule has 0 aromatic carbocycles. The molecule has 118 valence electrons. The molecule has 1 rings (SSSR count). The molecule has 2 heteroatoms. The summed E-state index contributed by atoms with van der Waals surface area (Å²) in [5.41, 5.74) is -0.252. The van der Waals surface area contributed by atoms with Crippen molar-refractivity contribution in [3.63, 3.8) is 0 Å². The van der Waals surface area contributed by atoms with Crippen LogP contribution in [-0.2, 0) is 4.79 Å². The zero-order valence-electron chi connectivity index (χ0n) is 14.6. The number of hydrogen-bond donors (Lipinski definition) is 1. The molecule has 0 heterocycles. The largest absolute Gasteiger partial charge is 0.305 e. The molecule has 0 amide bonds. The monoisotopic (exact) mass is 281 g/mol. The van der Waals surface area contributed by atoms with Gasteiger partial charge < -0.3 is 5.32 Å². The van der Waals surface area contributed by atoms with E-state index in [9.17, 15) is 4.79 Å².